The van der Waals surface area contributed by atoms with E-state index in [1.54, 1.807) is 0 Å². The number of nitrogens with one attached hydrogen (secondary N) is 1. The van der Waals surface area contributed by atoms with Crippen LogP contribution in [-0.2, 0) is 24.1 Å². The molecule has 0 aliphatic carbocycles. The van der Waals surface area contributed by atoms with Crippen molar-refractivity contribution in [3.05, 3.63) is 65.5 Å². The number of aryl methyl sites for hydroxylation is 1. The van der Waals surface area contributed by atoms with E-state index in [1.807, 2.05) is 6.92 Å². The number of aromatic nitrogens is 2. The van der Waals surface area contributed by atoms with Crippen molar-refractivity contribution in [3.8, 4) is 11.5 Å². The predicted molar refractivity (Wildman–Crippen MR) is 114 cm³/mol. The molecular formula is C23H28N4O2. The molecule has 6 heteroatoms. The molecule has 1 aromatic heterocycles. The lowest BCUT2D eigenvalue weighted by molar-refractivity contribution is 0.122. The Morgan fingerprint density at radius 3 is 2.59 bits per heavy atom. The van der Waals surface area contributed by atoms with Gasteiger partial charge in [-0.1, -0.05) is 42.4 Å². The fourth-order valence-corrected chi connectivity index (χ4v) is 3.56. The van der Waals surface area contributed by atoms with Gasteiger partial charge < -0.3 is 19.5 Å². The Hall–Kier alpha value is -2.70. The summed E-state index contributed by atoms with van der Waals surface area (Å²) in [6, 6.07) is 17.0. The minimum Gasteiger partial charge on any atom is -0.378 e. The Bertz CT molecular complexity index is 901. The summed E-state index contributed by atoms with van der Waals surface area (Å²) in [6.45, 7) is 7.35. The first-order valence-corrected chi connectivity index (χ1v) is 10.4. The van der Waals surface area contributed by atoms with Crippen LogP contribution in [0, 0.1) is 0 Å². The van der Waals surface area contributed by atoms with Crippen LogP contribution in [-0.4, -0.2) is 43.0 Å². The van der Waals surface area contributed by atoms with Gasteiger partial charge in [-0.3, -0.25) is 0 Å². The van der Waals surface area contributed by atoms with Crippen LogP contribution in [0.2, 0.25) is 0 Å². The van der Waals surface area contributed by atoms with Crippen molar-refractivity contribution in [1.29, 1.82) is 0 Å². The number of para-hydroxylation sites is 1. The monoisotopic (exact) mass is 392 g/mol. The third kappa shape index (κ3) is 5.02. The van der Waals surface area contributed by atoms with Gasteiger partial charge in [0.05, 0.1) is 13.2 Å². The normalized spacial score (nSPS) is 14.3. The van der Waals surface area contributed by atoms with Gasteiger partial charge in [-0.15, -0.1) is 0 Å². The molecule has 4 rings (SSSR count). The molecule has 6 nitrogen and oxygen atoms in total. The molecule has 1 N–H and O–H groups in total. The average molecular weight is 393 g/mol. The summed E-state index contributed by atoms with van der Waals surface area (Å²) in [5, 5.41) is 7.55. The minimum absolute atomic E-state index is 0.589. The van der Waals surface area contributed by atoms with Crippen LogP contribution >= 0.6 is 0 Å². The molecule has 0 amide bonds. The highest BCUT2D eigenvalue weighted by molar-refractivity contribution is 5.54. The van der Waals surface area contributed by atoms with E-state index >= 15 is 0 Å². The summed E-state index contributed by atoms with van der Waals surface area (Å²) in [6.07, 6.45) is 1.76. The molecule has 2 heterocycles. The van der Waals surface area contributed by atoms with E-state index in [4.69, 9.17) is 9.26 Å². The largest absolute Gasteiger partial charge is 0.378 e. The van der Waals surface area contributed by atoms with Gasteiger partial charge in [-0.25, -0.2) is 0 Å². The molecule has 1 aliphatic heterocycles. The second-order valence-electron chi connectivity index (χ2n) is 7.22. The molecule has 1 fully saturated rings. The van der Waals surface area contributed by atoms with Gasteiger partial charge in [0.1, 0.15) is 0 Å². The molecule has 0 radical (unpaired) electrons. The smallest absolute Gasteiger partial charge is 0.257 e. The van der Waals surface area contributed by atoms with Crippen LogP contribution in [0.25, 0.3) is 11.5 Å². The summed E-state index contributed by atoms with van der Waals surface area (Å²) in [4.78, 5) is 6.80. The summed E-state index contributed by atoms with van der Waals surface area (Å²) in [5.41, 5.74) is 4.91. The lowest BCUT2D eigenvalue weighted by Crippen LogP contribution is -2.37. The van der Waals surface area contributed by atoms with Gasteiger partial charge in [-0.2, -0.15) is 4.98 Å². The maximum Gasteiger partial charge on any atom is 0.257 e. The molecule has 1 saturated heterocycles. The molecule has 0 bridgehead atoms. The lowest BCUT2D eigenvalue weighted by Gasteiger charge is -2.30. The van der Waals surface area contributed by atoms with Gasteiger partial charge in [0.2, 0.25) is 0 Å². The summed E-state index contributed by atoms with van der Waals surface area (Å²) in [5.74, 6) is 1.33. The van der Waals surface area contributed by atoms with E-state index in [2.05, 4.69) is 68.9 Å². The van der Waals surface area contributed by atoms with Crippen molar-refractivity contribution in [2.24, 2.45) is 0 Å². The Kier molecular flexibility index (Phi) is 6.54. The SMILES string of the molecule is CCc1noc(-c2ccc(CCNCc3ccccc3N3CCOCC3)cc2)n1. The molecule has 0 atom stereocenters. The number of anilines is 1. The number of benzene rings is 2. The number of rotatable bonds is 8. The molecule has 29 heavy (non-hydrogen) atoms. The van der Waals surface area contributed by atoms with Crippen LogP contribution in [0.1, 0.15) is 23.9 Å². The van der Waals surface area contributed by atoms with Gasteiger partial charge in [0, 0.05) is 37.3 Å². The first-order chi connectivity index (χ1) is 14.3. The van der Waals surface area contributed by atoms with Gasteiger partial charge in [0.25, 0.3) is 5.89 Å². The fourth-order valence-electron chi connectivity index (χ4n) is 3.56. The quantitative estimate of drug-likeness (QED) is 0.592. The molecule has 152 valence electrons. The van der Waals surface area contributed by atoms with Gasteiger partial charge in [0.15, 0.2) is 5.82 Å². The zero-order chi connectivity index (χ0) is 19.9. The van der Waals surface area contributed by atoms with Crippen molar-refractivity contribution in [3.63, 3.8) is 0 Å². The standard InChI is InChI=1S/C23H28N4O2/c1-2-22-25-23(29-26-22)19-9-7-18(8-10-19)11-12-24-17-20-5-3-4-6-21(20)27-13-15-28-16-14-27/h3-10,24H,2,11-17H2,1H3. The van der Waals surface area contributed by atoms with Crippen LogP contribution in [0.4, 0.5) is 5.69 Å². The van der Waals surface area contributed by atoms with Crippen molar-refractivity contribution < 1.29 is 9.26 Å². The number of hydrogen-bond acceptors (Lipinski definition) is 6. The number of hydrogen-bond donors (Lipinski definition) is 1. The zero-order valence-corrected chi connectivity index (χ0v) is 16.9. The molecular weight excluding hydrogens is 364 g/mol. The van der Waals surface area contributed by atoms with Crippen LogP contribution in [0.3, 0.4) is 0 Å². The number of morpholine rings is 1. The number of ether oxygens (including phenoxy) is 1. The second-order valence-corrected chi connectivity index (χ2v) is 7.22. The molecule has 0 unspecified atom stereocenters. The van der Waals surface area contributed by atoms with E-state index in [-0.39, 0.29) is 0 Å². The Balaban J connectivity index is 1.29. The maximum absolute atomic E-state index is 5.48. The summed E-state index contributed by atoms with van der Waals surface area (Å²) < 4.78 is 10.8. The average Bonchev–Trinajstić information content (AvgIpc) is 3.27. The van der Waals surface area contributed by atoms with Gasteiger partial charge in [-0.05, 0) is 42.3 Å². The Labute approximate surface area is 171 Å². The third-order valence-corrected chi connectivity index (χ3v) is 5.23. The first kappa shape index (κ1) is 19.6. The molecule has 1 aliphatic rings. The van der Waals surface area contributed by atoms with Gasteiger partial charge >= 0.3 is 0 Å². The highest BCUT2D eigenvalue weighted by atomic mass is 16.5. The van der Waals surface area contributed by atoms with Crippen molar-refractivity contribution in [2.45, 2.75) is 26.3 Å². The van der Waals surface area contributed by atoms with Crippen molar-refractivity contribution in [1.82, 2.24) is 15.5 Å². The highest BCUT2D eigenvalue weighted by Crippen LogP contribution is 2.21. The van der Waals surface area contributed by atoms with E-state index < -0.39 is 0 Å². The lowest BCUT2D eigenvalue weighted by atomic mass is 10.1. The topological polar surface area (TPSA) is 63.4 Å². The van der Waals surface area contributed by atoms with E-state index in [9.17, 15) is 0 Å². The molecule has 2 aromatic carbocycles. The third-order valence-electron chi connectivity index (χ3n) is 5.23. The van der Waals surface area contributed by atoms with Crippen molar-refractivity contribution in [2.75, 3.05) is 37.7 Å². The van der Waals surface area contributed by atoms with Crippen LogP contribution in [0.5, 0.6) is 0 Å². The maximum atomic E-state index is 5.48. The zero-order valence-electron chi connectivity index (χ0n) is 16.9. The van der Waals surface area contributed by atoms with E-state index in [0.717, 1.165) is 63.6 Å². The summed E-state index contributed by atoms with van der Waals surface area (Å²) >= 11 is 0. The molecule has 3 aromatic rings. The first-order valence-electron chi connectivity index (χ1n) is 10.4. The molecule has 0 spiro atoms. The fraction of sp³-hybridized carbons (Fsp3) is 0.391. The molecule has 0 saturated carbocycles. The van der Waals surface area contributed by atoms with E-state index in [0.29, 0.717) is 5.89 Å². The highest BCUT2D eigenvalue weighted by Gasteiger charge is 2.14. The van der Waals surface area contributed by atoms with Crippen LogP contribution < -0.4 is 10.2 Å². The second kappa shape index (κ2) is 9.67. The Morgan fingerprint density at radius 1 is 1.03 bits per heavy atom. The van der Waals surface area contributed by atoms with Crippen molar-refractivity contribution >= 4 is 5.69 Å². The number of nitrogens with zero attached hydrogens (tertiary/aromatic N) is 3. The Morgan fingerprint density at radius 2 is 1.83 bits per heavy atom. The van der Waals surface area contributed by atoms with Crippen LogP contribution in [0.15, 0.2) is 53.1 Å². The summed E-state index contributed by atoms with van der Waals surface area (Å²) in [7, 11) is 0. The minimum atomic E-state index is 0.589. The predicted octanol–water partition coefficient (Wildman–Crippen LogP) is 3.47. The van der Waals surface area contributed by atoms with E-state index in [1.165, 1.54) is 16.8 Å².